The van der Waals surface area contributed by atoms with E-state index in [2.05, 4.69) is 44.8 Å². The van der Waals surface area contributed by atoms with Crippen molar-refractivity contribution in [3.05, 3.63) is 38.8 Å². The molecule has 0 saturated carbocycles. The largest absolute Gasteiger partial charge is 0.369 e. The molecule has 0 spiro atoms. The summed E-state index contributed by atoms with van der Waals surface area (Å²) in [7, 11) is 0. The molecule has 1 aromatic heterocycles. The molecule has 0 bridgehead atoms. The van der Waals surface area contributed by atoms with Crippen LogP contribution in [0.4, 0.5) is 10.2 Å². The van der Waals surface area contributed by atoms with Crippen LogP contribution in [0.2, 0.25) is 0 Å². The number of halogens is 2. The van der Waals surface area contributed by atoms with Crippen molar-refractivity contribution in [1.82, 2.24) is 9.97 Å². The number of hydrogen-bond acceptors (Lipinski definition) is 3. The third kappa shape index (κ3) is 3.26. The van der Waals surface area contributed by atoms with Crippen molar-refractivity contribution in [3.8, 4) is 11.4 Å². The predicted molar refractivity (Wildman–Crippen MR) is 88.4 cm³/mol. The van der Waals surface area contributed by atoms with Crippen molar-refractivity contribution in [3.63, 3.8) is 0 Å². The second-order valence-electron chi connectivity index (χ2n) is 4.68. The maximum Gasteiger partial charge on any atom is 0.162 e. The van der Waals surface area contributed by atoms with Gasteiger partial charge in [-0.3, -0.25) is 0 Å². The number of hydrogen-bond donors (Lipinski definition) is 1. The van der Waals surface area contributed by atoms with Gasteiger partial charge < -0.3 is 5.32 Å². The van der Waals surface area contributed by atoms with Gasteiger partial charge >= 0.3 is 0 Å². The number of aryl methyl sites for hydroxylation is 2. The molecule has 0 radical (unpaired) electrons. The molecule has 5 heteroatoms. The summed E-state index contributed by atoms with van der Waals surface area (Å²) in [5.74, 6) is 1.12. The molecule has 0 amide bonds. The van der Waals surface area contributed by atoms with Gasteiger partial charge in [0.05, 0.1) is 9.26 Å². The van der Waals surface area contributed by atoms with E-state index in [1.165, 1.54) is 12.1 Å². The van der Waals surface area contributed by atoms with Crippen molar-refractivity contribution in [2.45, 2.75) is 27.2 Å². The molecule has 0 atom stereocenters. The molecule has 0 aliphatic rings. The lowest BCUT2D eigenvalue weighted by Crippen LogP contribution is -2.08. The van der Waals surface area contributed by atoms with Crippen LogP contribution in [0.15, 0.2) is 18.2 Å². The summed E-state index contributed by atoms with van der Waals surface area (Å²) >= 11 is 2.23. The molecule has 2 rings (SSSR count). The van der Waals surface area contributed by atoms with E-state index in [4.69, 9.17) is 0 Å². The van der Waals surface area contributed by atoms with Crippen LogP contribution in [0.1, 0.15) is 24.6 Å². The summed E-state index contributed by atoms with van der Waals surface area (Å²) in [5.41, 5.74) is 2.61. The minimum absolute atomic E-state index is 0.270. The van der Waals surface area contributed by atoms with Crippen molar-refractivity contribution in [2.24, 2.45) is 0 Å². The van der Waals surface area contributed by atoms with Gasteiger partial charge in [-0.05, 0) is 60.6 Å². The third-order valence-corrected chi connectivity index (χ3v) is 4.29. The molecule has 0 unspecified atom stereocenters. The number of anilines is 1. The van der Waals surface area contributed by atoms with Gasteiger partial charge in [-0.2, -0.15) is 0 Å². The van der Waals surface area contributed by atoms with Gasteiger partial charge in [0.2, 0.25) is 0 Å². The number of nitrogens with one attached hydrogen (secondary N) is 1. The van der Waals surface area contributed by atoms with E-state index >= 15 is 0 Å². The SMILES string of the molecule is CCCNc1nc(-c2cc(F)ccc2C)nc(C)c1I. The molecule has 2 aromatic rings. The number of benzene rings is 1. The van der Waals surface area contributed by atoms with Crippen LogP contribution in [0.3, 0.4) is 0 Å². The molecule has 1 aromatic carbocycles. The Morgan fingerprint density at radius 2 is 2.00 bits per heavy atom. The summed E-state index contributed by atoms with van der Waals surface area (Å²) in [6.07, 6.45) is 1.02. The quantitative estimate of drug-likeness (QED) is 0.797. The van der Waals surface area contributed by atoms with Gasteiger partial charge in [-0.25, -0.2) is 14.4 Å². The Kier molecular flexibility index (Phi) is 4.91. The maximum atomic E-state index is 13.4. The molecule has 20 heavy (non-hydrogen) atoms. The fourth-order valence-corrected chi connectivity index (χ4v) is 2.31. The number of aromatic nitrogens is 2. The van der Waals surface area contributed by atoms with Gasteiger partial charge in [0, 0.05) is 12.1 Å². The lowest BCUT2D eigenvalue weighted by molar-refractivity contribution is 0.627. The zero-order valence-corrected chi connectivity index (χ0v) is 14.0. The van der Waals surface area contributed by atoms with Crippen LogP contribution < -0.4 is 5.32 Å². The van der Waals surface area contributed by atoms with Gasteiger partial charge in [0.1, 0.15) is 11.6 Å². The van der Waals surface area contributed by atoms with Crippen molar-refractivity contribution >= 4 is 28.4 Å². The molecule has 0 aliphatic heterocycles. The van der Waals surface area contributed by atoms with Crippen LogP contribution >= 0.6 is 22.6 Å². The molecule has 1 heterocycles. The van der Waals surface area contributed by atoms with Gasteiger partial charge in [0.25, 0.3) is 0 Å². The Hall–Kier alpha value is -1.24. The van der Waals surface area contributed by atoms with Gasteiger partial charge in [-0.15, -0.1) is 0 Å². The van der Waals surface area contributed by atoms with E-state index in [1.54, 1.807) is 6.07 Å². The standard InChI is InChI=1S/C15H17FIN3/c1-4-7-18-15-13(17)10(3)19-14(20-15)12-8-11(16)6-5-9(12)2/h5-6,8H,4,7H2,1-3H3,(H,18,19,20). The first-order valence-electron chi connectivity index (χ1n) is 6.57. The predicted octanol–water partition coefficient (Wildman–Crippen LogP) is 4.33. The second kappa shape index (κ2) is 6.47. The summed E-state index contributed by atoms with van der Waals surface area (Å²) in [6, 6.07) is 4.69. The Labute approximate surface area is 132 Å². The lowest BCUT2D eigenvalue weighted by Gasteiger charge is -2.12. The maximum absolute atomic E-state index is 13.4. The highest BCUT2D eigenvalue weighted by Gasteiger charge is 2.12. The summed E-state index contributed by atoms with van der Waals surface area (Å²) in [6.45, 7) is 6.84. The average molecular weight is 385 g/mol. The first kappa shape index (κ1) is 15.2. The van der Waals surface area contributed by atoms with E-state index in [9.17, 15) is 4.39 Å². The first-order chi connectivity index (χ1) is 9.52. The molecule has 0 aliphatic carbocycles. The van der Waals surface area contributed by atoms with E-state index in [0.717, 1.165) is 39.2 Å². The zero-order chi connectivity index (χ0) is 14.7. The summed E-state index contributed by atoms with van der Waals surface area (Å²) in [4.78, 5) is 9.03. The zero-order valence-electron chi connectivity index (χ0n) is 11.8. The molecular formula is C15H17FIN3. The molecule has 0 saturated heterocycles. The fourth-order valence-electron chi connectivity index (χ4n) is 1.88. The molecule has 106 valence electrons. The average Bonchev–Trinajstić information content (AvgIpc) is 2.43. The number of nitrogens with zero attached hydrogens (tertiary/aromatic N) is 2. The van der Waals surface area contributed by atoms with Crippen LogP contribution in [0.5, 0.6) is 0 Å². The minimum atomic E-state index is -0.270. The molecule has 1 N–H and O–H groups in total. The highest BCUT2D eigenvalue weighted by molar-refractivity contribution is 14.1. The number of rotatable bonds is 4. The van der Waals surface area contributed by atoms with Crippen molar-refractivity contribution in [2.75, 3.05) is 11.9 Å². The Morgan fingerprint density at radius 3 is 2.70 bits per heavy atom. The fraction of sp³-hybridized carbons (Fsp3) is 0.333. The van der Waals surface area contributed by atoms with E-state index in [0.29, 0.717) is 5.82 Å². The molecule has 0 fully saturated rings. The first-order valence-corrected chi connectivity index (χ1v) is 7.65. The summed E-state index contributed by atoms with van der Waals surface area (Å²) in [5, 5.41) is 3.30. The monoisotopic (exact) mass is 385 g/mol. The topological polar surface area (TPSA) is 37.8 Å². The van der Waals surface area contributed by atoms with E-state index in [-0.39, 0.29) is 5.82 Å². The molecule has 3 nitrogen and oxygen atoms in total. The third-order valence-electron chi connectivity index (χ3n) is 3.00. The van der Waals surface area contributed by atoms with Crippen molar-refractivity contribution in [1.29, 1.82) is 0 Å². The molecular weight excluding hydrogens is 368 g/mol. The van der Waals surface area contributed by atoms with Crippen molar-refractivity contribution < 1.29 is 4.39 Å². The van der Waals surface area contributed by atoms with Gasteiger partial charge in [-0.1, -0.05) is 13.0 Å². The Balaban J connectivity index is 2.51. The Morgan fingerprint density at radius 1 is 1.25 bits per heavy atom. The van der Waals surface area contributed by atoms with Crippen LogP contribution in [-0.4, -0.2) is 16.5 Å². The van der Waals surface area contributed by atoms with E-state index < -0.39 is 0 Å². The smallest absolute Gasteiger partial charge is 0.162 e. The van der Waals surface area contributed by atoms with Crippen LogP contribution in [0, 0.1) is 23.2 Å². The van der Waals surface area contributed by atoms with E-state index in [1.807, 2.05) is 13.8 Å². The lowest BCUT2D eigenvalue weighted by atomic mass is 10.1. The van der Waals surface area contributed by atoms with Crippen LogP contribution in [0.25, 0.3) is 11.4 Å². The minimum Gasteiger partial charge on any atom is -0.369 e. The van der Waals surface area contributed by atoms with Gasteiger partial charge in [0.15, 0.2) is 5.82 Å². The highest BCUT2D eigenvalue weighted by Crippen LogP contribution is 2.26. The Bertz CT molecular complexity index is 629. The normalized spacial score (nSPS) is 10.7. The second-order valence-corrected chi connectivity index (χ2v) is 5.76. The highest BCUT2D eigenvalue weighted by atomic mass is 127. The van der Waals surface area contributed by atoms with Crippen LogP contribution in [-0.2, 0) is 0 Å². The summed E-state index contributed by atoms with van der Waals surface area (Å²) < 4.78 is 14.5.